The minimum absolute atomic E-state index is 0.0133. The van der Waals surface area contributed by atoms with Gasteiger partial charge in [0.2, 0.25) is 0 Å². The van der Waals surface area contributed by atoms with Gasteiger partial charge in [-0.05, 0) is 23.3 Å². The van der Waals surface area contributed by atoms with Gasteiger partial charge in [-0.25, -0.2) is 5.01 Å². The van der Waals surface area contributed by atoms with Crippen LogP contribution in [-0.2, 0) is 9.59 Å². The Morgan fingerprint density at radius 2 is 1.97 bits per heavy atom. The molecule has 2 amide bonds. The molecule has 0 spiro atoms. The van der Waals surface area contributed by atoms with Crippen LogP contribution in [0.2, 0.25) is 0 Å². The Morgan fingerprint density at radius 1 is 1.21 bits per heavy atom. The molecule has 29 heavy (non-hydrogen) atoms. The molecule has 0 aromatic heterocycles. The SMILES string of the molecule is COc1ccc([C@H]2CC(c3ccccc3)=NN2C(=O)C[NH+]2CCNC(=O)C2)cc1. The largest absolute Gasteiger partial charge is 0.497 e. The predicted octanol–water partition coefficient (Wildman–Crippen LogP) is 0.388. The molecule has 2 aromatic carbocycles. The third kappa shape index (κ3) is 4.30. The Hall–Kier alpha value is -3.19. The van der Waals surface area contributed by atoms with Gasteiger partial charge in [0.1, 0.15) is 5.75 Å². The number of nitrogens with one attached hydrogen (secondary N) is 2. The van der Waals surface area contributed by atoms with E-state index in [1.54, 1.807) is 12.1 Å². The van der Waals surface area contributed by atoms with Crippen molar-refractivity contribution in [2.45, 2.75) is 12.5 Å². The van der Waals surface area contributed by atoms with Crippen LogP contribution in [0.5, 0.6) is 5.75 Å². The predicted molar refractivity (Wildman–Crippen MR) is 109 cm³/mol. The molecular formula is C22H25N4O3+. The van der Waals surface area contributed by atoms with Crippen molar-refractivity contribution in [1.82, 2.24) is 10.3 Å². The summed E-state index contributed by atoms with van der Waals surface area (Å²) in [6, 6.07) is 17.5. The molecule has 2 atom stereocenters. The quantitative estimate of drug-likeness (QED) is 0.772. The number of methoxy groups -OCH3 is 1. The molecule has 0 aliphatic carbocycles. The third-order valence-corrected chi connectivity index (χ3v) is 5.39. The third-order valence-electron chi connectivity index (χ3n) is 5.39. The van der Waals surface area contributed by atoms with Crippen molar-refractivity contribution < 1.29 is 19.2 Å². The maximum atomic E-state index is 13.1. The van der Waals surface area contributed by atoms with E-state index < -0.39 is 0 Å². The minimum atomic E-state index is -0.165. The molecule has 4 rings (SSSR count). The van der Waals surface area contributed by atoms with E-state index in [1.807, 2.05) is 54.6 Å². The maximum absolute atomic E-state index is 13.1. The number of piperazine rings is 1. The number of rotatable bonds is 5. The lowest BCUT2D eigenvalue weighted by molar-refractivity contribution is -0.885. The Balaban J connectivity index is 1.58. The van der Waals surface area contributed by atoms with Gasteiger partial charge in [-0.3, -0.25) is 9.59 Å². The number of amides is 2. The van der Waals surface area contributed by atoms with Crippen molar-refractivity contribution in [3.8, 4) is 5.75 Å². The number of quaternary nitrogens is 1. The smallest absolute Gasteiger partial charge is 0.298 e. The van der Waals surface area contributed by atoms with Gasteiger partial charge in [-0.2, -0.15) is 5.10 Å². The molecule has 0 saturated carbocycles. The van der Waals surface area contributed by atoms with Crippen molar-refractivity contribution in [2.75, 3.05) is 33.3 Å². The van der Waals surface area contributed by atoms with E-state index in [2.05, 4.69) is 5.32 Å². The molecule has 1 saturated heterocycles. The van der Waals surface area contributed by atoms with Crippen LogP contribution < -0.4 is 15.0 Å². The Kier molecular flexibility index (Phi) is 5.57. The molecule has 1 fully saturated rings. The Morgan fingerprint density at radius 3 is 2.66 bits per heavy atom. The molecule has 7 heteroatoms. The zero-order valence-corrected chi connectivity index (χ0v) is 16.4. The number of ether oxygens (including phenoxy) is 1. The van der Waals surface area contributed by atoms with Crippen LogP contribution in [-0.4, -0.2) is 55.8 Å². The van der Waals surface area contributed by atoms with Crippen molar-refractivity contribution >= 4 is 17.5 Å². The first-order valence-electron chi connectivity index (χ1n) is 9.83. The topological polar surface area (TPSA) is 75.4 Å². The molecule has 1 unspecified atom stereocenters. The van der Waals surface area contributed by atoms with Gasteiger partial charge in [0.25, 0.3) is 11.8 Å². The first kappa shape index (κ1) is 19.1. The summed E-state index contributed by atoms with van der Waals surface area (Å²) in [6.07, 6.45) is 0.651. The van der Waals surface area contributed by atoms with Gasteiger partial charge in [0.15, 0.2) is 13.1 Å². The van der Waals surface area contributed by atoms with Crippen LogP contribution in [0.1, 0.15) is 23.6 Å². The zero-order chi connectivity index (χ0) is 20.2. The maximum Gasteiger partial charge on any atom is 0.298 e. The van der Waals surface area contributed by atoms with E-state index in [0.717, 1.165) is 34.0 Å². The normalized spacial score (nSPS) is 21.5. The molecule has 150 valence electrons. The second kappa shape index (κ2) is 8.45. The lowest BCUT2D eigenvalue weighted by Gasteiger charge is -2.26. The number of hydrogen-bond acceptors (Lipinski definition) is 4. The number of carbonyl (C=O) groups excluding carboxylic acids is 2. The molecular weight excluding hydrogens is 368 g/mol. The number of benzene rings is 2. The summed E-state index contributed by atoms with van der Waals surface area (Å²) < 4.78 is 5.26. The second-order valence-electron chi connectivity index (χ2n) is 7.35. The highest BCUT2D eigenvalue weighted by molar-refractivity contribution is 6.03. The lowest BCUT2D eigenvalue weighted by atomic mass is 9.98. The van der Waals surface area contributed by atoms with Crippen LogP contribution in [0.25, 0.3) is 0 Å². The van der Waals surface area contributed by atoms with Crippen molar-refractivity contribution in [1.29, 1.82) is 0 Å². The van der Waals surface area contributed by atoms with Crippen LogP contribution in [0.4, 0.5) is 0 Å². The molecule has 2 aromatic rings. The van der Waals surface area contributed by atoms with Gasteiger partial charge >= 0.3 is 0 Å². The van der Waals surface area contributed by atoms with Gasteiger partial charge in [-0.15, -0.1) is 0 Å². The van der Waals surface area contributed by atoms with E-state index in [0.29, 0.717) is 19.5 Å². The molecule has 2 aliphatic rings. The Bertz CT molecular complexity index is 911. The van der Waals surface area contributed by atoms with Gasteiger partial charge in [-0.1, -0.05) is 42.5 Å². The van der Waals surface area contributed by atoms with Crippen LogP contribution in [0.15, 0.2) is 59.7 Å². The first-order valence-corrected chi connectivity index (χ1v) is 9.83. The van der Waals surface area contributed by atoms with E-state index in [1.165, 1.54) is 0 Å². The minimum Gasteiger partial charge on any atom is -0.497 e. The van der Waals surface area contributed by atoms with E-state index >= 15 is 0 Å². The fourth-order valence-electron chi connectivity index (χ4n) is 3.83. The average Bonchev–Trinajstić information content (AvgIpc) is 3.20. The van der Waals surface area contributed by atoms with Gasteiger partial charge in [0.05, 0.1) is 32.0 Å². The fraction of sp³-hybridized carbons (Fsp3) is 0.318. The summed E-state index contributed by atoms with van der Waals surface area (Å²) in [7, 11) is 1.63. The Labute approximate surface area is 169 Å². The summed E-state index contributed by atoms with van der Waals surface area (Å²) in [5.74, 6) is 0.694. The first-order chi connectivity index (χ1) is 14.1. The number of hydrazone groups is 1. The van der Waals surface area contributed by atoms with E-state index in [-0.39, 0.29) is 24.4 Å². The average molecular weight is 393 g/mol. The highest BCUT2D eigenvalue weighted by atomic mass is 16.5. The molecule has 2 N–H and O–H groups in total. The second-order valence-corrected chi connectivity index (χ2v) is 7.35. The van der Waals surface area contributed by atoms with Crippen molar-refractivity contribution in [2.24, 2.45) is 5.10 Å². The number of hydrogen-bond donors (Lipinski definition) is 2. The molecule has 2 heterocycles. The van der Waals surface area contributed by atoms with Crippen LogP contribution in [0, 0.1) is 0 Å². The van der Waals surface area contributed by atoms with Crippen LogP contribution >= 0.6 is 0 Å². The fourth-order valence-corrected chi connectivity index (χ4v) is 3.83. The zero-order valence-electron chi connectivity index (χ0n) is 16.4. The summed E-state index contributed by atoms with van der Waals surface area (Å²) in [5.41, 5.74) is 2.93. The standard InChI is InChI=1S/C22H24N4O3/c1-29-18-9-7-17(8-10-18)20-13-19(16-5-3-2-4-6-16)24-26(20)22(28)15-25-12-11-23-21(27)14-25/h2-10,20H,11-15H2,1H3,(H,23,27)/p+1/t20-/m1/s1. The monoisotopic (exact) mass is 393 g/mol. The number of nitrogens with zero attached hydrogens (tertiary/aromatic N) is 2. The molecule has 7 nitrogen and oxygen atoms in total. The van der Waals surface area contributed by atoms with Gasteiger partial charge < -0.3 is 15.0 Å². The van der Waals surface area contributed by atoms with Crippen LogP contribution in [0.3, 0.4) is 0 Å². The van der Waals surface area contributed by atoms with Crippen molar-refractivity contribution in [3.63, 3.8) is 0 Å². The number of carbonyl (C=O) groups is 2. The highest BCUT2D eigenvalue weighted by Gasteiger charge is 2.35. The summed E-state index contributed by atoms with van der Waals surface area (Å²) in [5, 5.41) is 9.10. The molecule has 0 bridgehead atoms. The van der Waals surface area contributed by atoms with E-state index in [9.17, 15) is 9.59 Å². The molecule has 0 radical (unpaired) electrons. The highest BCUT2D eigenvalue weighted by Crippen LogP contribution is 2.33. The summed E-state index contributed by atoms with van der Waals surface area (Å²) in [4.78, 5) is 25.8. The van der Waals surface area contributed by atoms with Crippen molar-refractivity contribution in [3.05, 3.63) is 65.7 Å². The summed E-state index contributed by atoms with van der Waals surface area (Å²) in [6.45, 7) is 1.92. The van der Waals surface area contributed by atoms with E-state index in [4.69, 9.17) is 9.84 Å². The van der Waals surface area contributed by atoms with Gasteiger partial charge in [0, 0.05) is 6.42 Å². The molecule has 2 aliphatic heterocycles. The summed E-state index contributed by atoms with van der Waals surface area (Å²) >= 11 is 0. The lowest BCUT2D eigenvalue weighted by Crippen LogP contribution is -3.16.